The van der Waals surface area contributed by atoms with Crippen molar-refractivity contribution in [1.29, 1.82) is 0 Å². The normalized spacial score (nSPS) is 10.3. The largest absolute Gasteiger partial charge is 0.366 e. The van der Waals surface area contributed by atoms with E-state index in [1.54, 1.807) is 0 Å². The Morgan fingerprint density at radius 2 is 1.39 bits per heavy atom. The predicted molar refractivity (Wildman–Crippen MR) is 90.0 cm³/mol. The van der Waals surface area contributed by atoms with Crippen molar-refractivity contribution in [2.24, 2.45) is 5.73 Å². The first kappa shape index (κ1) is 18.9. The Hall–Kier alpha value is -2.17. The average molecular weight is 318 g/mol. The van der Waals surface area contributed by atoms with Gasteiger partial charge in [-0.25, -0.2) is 0 Å². The summed E-state index contributed by atoms with van der Waals surface area (Å²) < 4.78 is 0. The van der Waals surface area contributed by atoms with Crippen molar-refractivity contribution in [1.82, 2.24) is 5.32 Å². The zero-order valence-electron chi connectivity index (χ0n) is 13.8. The number of hydrogen-bond donors (Lipinski definition) is 2. The number of carbonyl (C=O) groups is 3. The Morgan fingerprint density at radius 3 is 1.96 bits per heavy atom. The third-order valence-electron chi connectivity index (χ3n) is 3.69. The van der Waals surface area contributed by atoms with Gasteiger partial charge >= 0.3 is 0 Å². The van der Waals surface area contributed by atoms with Crippen LogP contribution in [0, 0.1) is 0 Å². The van der Waals surface area contributed by atoms with Crippen LogP contribution in [0.4, 0.5) is 0 Å². The fraction of sp³-hybridized carbons (Fsp3) is 0.500. The van der Waals surface area contributed by atoms with E-state index < -0.39 is 11.8 Å². The van der Waals surface area contributed by atoms with E-state index in [2.05, 4.69) is 12.2 Å². The molecular formula is C18H26N2O3. The molecule has 0 aliphatic rings. The molecule has 0 fully saturated rings. The minimum Gasteiger partial charge on any atom is -0.366 e. The Balaban J connectivity index is 2.25. The van der Waals surface area contributed by atoms with Crippen molar-refractivity contribution in [3.63, 3.8) is 0 Å². The van der Waals surface area contributed by atoms with Crippen LogP contribution < -0.4 is 11.1 Å². The summed E-state index contributed by atoms with van der Waals surface area (Å²) in [5.41, 5.74) is 5.80. The van der Waals surface area contributed by atoms with E-state index in [9.17, 15) is 14.4 Å². The van der Waals surface area contributed by atoms with Gasteiger partial charge < -0.3 is 5.73 Å². The predicted octanol–water partition coefficient (Wildman–Crippen LogP) is 3.18. The summed E-state index contributed by atoms with van der Waals surface area (Å²) in [6.45, 7) is 2.18. The van der Waals surface area contributed by atoms with Crippen LogP contribution in [0.25, 0.3) is 0 Å². The van der Waals surface area contributed by atoms with Gasteiger partial charge in [0.1, 0.15) is 0 Å². The maximum absolute atomic E-state index is 11.9. The number of benzene rings is 1. The molecular weight excluding hydrogens is 292 g/mol. The number of nitrogens with one attached hydrogen (secondary N) is 1. The first-order chi connectivity index (χ1) is 11.0. The van der Waals surface area contributed by atoms with Crippen molar-refractivity contribution in [3.8, 4) is 0 Å². The number of rotatable bonds is 10. The summed E-state index contributed by atoms with van der Waals surface area (Å²) in [6, 6.07) is 5.91. The molecule has 0 bridgehead atoms. The van der Waals surface area contributed by atoms with Crippen LogP contribution in [-0.4, -0.2) is 17.7 Å². The second kappa shape index (κ2) is 10.5. The number of carbonyl (C=O) groups excluding carboxylic acids is 3. The smallest absolute Gasteiger partial charge is 0.257 e. The van der Waals surface area contributed by atoms with Gasteiger partial charge in [-0.05, 0) is 30.7 Å². The molecule has 1 aromatic carbocycles. The first-order valence-electron chi connectivity index (χ1n) is 8.28. The lowest BCUT2D eigenvalue weighted by molar-refractivity contribution is -0.120. The molecule has 0 saturated carbocycles. The number of imide groups is 1. The van der Waals surface area contributed by atoms with Gasteiger partial charge in [0, 0.05) is 17.5 Å². The monoisotopic (exact) mass is 318 g/mol. The molecule has 23 heavy (non-hydrogen) atoms. The lowest BCUT2D eigenvalue weighted by Gasteiger charge is -2.05. The van der Waals surface area contributed by atoms with Gasteiger partial charge in [-0.1, -0.05) is 45.4 Å². The van der Waals surface area contributed by atoms with Crippen LogP contribution in [0.3, 0.4) is 0 Å². The zero-order valence-corrected chi connectivity index (χ0v) is 13.8. The number of hydrogen-bond acceptors (Lipinski definition) is 3. The molecule has 0 radical (unpaired) electrons. The van der Waals surface area contributed by atoms with Gasteiger partial charge in [0.25, 0.3) is 5.91 Å². The minimum atomic E-state index is -0.549. The summed E-state index contributed by atoms with van der Waals surface area (Å²) in [7, 11) is 0. The molecule has 0 aromatic heterocycles. The van der Waals surface area contributed by atoms with Crippen LogP contribution in [0.2, 0.25) is 0 Å². The van der Waals surface area contributed by atoms with Crippen molar-refractivity contribution >= 4 is 17.7 Å². The van der Waals surface area contributed by atoms with Gasteiger partial charge in [0.2, 0.25) is 11.8 Å². The Bertz CT molecular complexity index is 524. The standard InChI is InChI=1S/C18H26N2O3/c1-2-3-4-5-6-7-8-9-16(21)20-18(23)15-12-10-14(11-13-15)17(19)22/h10-13H,2-9H2,1H3,(H2,19,22)(H,20,21,23). The molecule has 126 valence electrons. The molecule has 3 amide bonds. The SMILES string of the molecule is CCCCCCCCCC(=O)NC(=O)c1ccc(C(N)=O)cc1. The van der Waals surface area contributed by atoms with E-state index in [0.717, 1.165) is 19.3 Å². The summed E-state index contributed by atoms with van der Waals surface area (Å²) in [5, 5.41) is 2.36. The first-order valence-corrected chi connectivity index (χ1v) is 8.28. The lowest BCUT2D eigenvalue weighted by atomic mass is 10.1. The van der Waals surface area contributed by atoms with Crippen LogP contribution >= 0.6 is 0 Å². The van der Waals surface area contributed by atoms with Crippen LogP contribution in [0.15, 0.2) is 24.3 Å². The minimum absolute atomic E-state index is 0.262. The average Bonchev–Trinajstić information content (AvgIpc) is 2.54. The van der Waals surface area contributed by atoms with Crippen LogP contribution in [0.1, 0.15) is 79.0 Å². The molecule has 0 atom stereocenters. The Kier molecular flexibility index (Phi) is 8.65. The Morgan fingerprint density at radius 1 is 0.870 bits per heavy atom. The van der Waals surface area contributed by atoms with E-state index in [0.29, 0.717) is 17.5 Å². The van der Waals surface area contributed by atoms with Gasteiger partial charge in [0.05, 0.1) is 0 Å². The van der Waals surface area contributed by atoms with Crippen molar-refractivity contribution in [2.75, 3.05) is 0 Å². The molecule has 5 heteroatoms. The Labute approximate surface area is 137 Å². The van der Waals surface area contributed by atoms with Gasteiger partial charge in [-0.2, -0.15) is 0 Å². The van der Waals surface area contributed by atoms with E-state index in [4.69, 9.17) is 5.73 Å². The number of amides is 3. The van der Waals surface area contributed by atoms with Crippen LogP contribution in [-0.2, 0) is 4.79 Å². The van der Waals surface area contributed by atoms with E-state index in [1.165, 1.54) is 49.9 Å². The molecule has 0 saturated heterocycles. The molecule has 0 unspecified atom stereocenters. The molecule has 1 aromatic rings. The molecule has 0 aliphatic heterocycles. The fourth-order valence-electron chi connectivity index (χ4n) is 2.29. The molecule has 0 spiro atoms. The lowest BCUT2D eigenvalue weighted by Crippen LogP contribution is -2.30. The number of nitrogens with two attached hydrogens (primary N) is 1. The molecule has 0 aliphatic carbocycles. The summed E-state index contributed by atoms with van der Waals surface area (Å²) >= 11 is 0. The maximum atomic E-state index is 11.9. The van der Waals surface area contributed by atoms with Gasteiger partial charge in [0.15, 0.2) is 0 Å². The van der Waals surface area contributed by atoms with E-state index in [1.807, 2.05) is 0 Å². The topological polar surface area (TPSA) is 89.3 Å². The zero-order chi connectivity index (χ0) is 17.1. The highest BCUT2D eigenvalue weighted by Crippen LogP contribution is 2.08. The van der Waals surface area contributed by atoms with Crippen molar-refractivity contribution in [3.05, 3.63) is 35.4 Å². The van der Waals surface area contributed by atoms with Crippen molar-refractivity contribution in [2.45, 2.75) is 58.3 Å². The molecule has 1 rings (SSSR count). The molecule has 3 N–H and O–H groups in total. The number of primary amides is 1. The quantitative estimate of drug-likeness (QED) is 0.649. The number of unbranched alkanes of at least 4 members (excludes halogenated alkanes) is 6. The second-order valence-corrected chi connectivity index (χ2v) is 5.69. The van der Waals surface area contributed by atoms with Gasteiger partial charge in [-0.3, -0.25) is 19.7 Å². The van der Waals surface area contributed by atoms with Crippen LogP contribution in [0.5, 0.6) is 0 Å². The third kappa shape index (κ3) is 7.58. The summed E-state index contributed by atoms with van der Waals surface area (Å²) in [5.74, 6) is -1.26. The molecule has 5 nitrogen and oxygen atoms in total. The summed E-state index contributed by atoms with van der Waals surface area (Å²) in [4.78, 5) is 34.6. The highest BCUT2D eigenvalue weighted by atomic mass is 16.2. The van der Waals surface area contributed by atoms with Gasteiger partial charge in [-0.15, -0.1) is 0 Å². The van der Waals surface area contributed by atoms with E-state index in [-0.39, 0.29) is 5.91 Å². The fourth-order valence-corrected chi connectivity index (χ4v) is 2.29. The van der Waals surface area contributed by atoms with Crippen molar-refractivity contribution < 1.29 is 14.4 Å². The second-order valence-electron chi connectivity index (χ2n) is 5.69. The van der Waals surface area contributed by atoms with E-state index >= 15 is 0 Å². The summed E-state index contributed by atoms with van der Waals surface area (Å²) in [6.07, 6.45) is 8.26. The molecule has 0 heterocycles. The maximum Gasteiger partial charge on any atom is 0.257 e. The highest BCUT2D eigenvalue weighted by Gasteiger charge is 2.10. The highest BCUT2D eigenvalue weighted by molar-refractivity contribution is 6.05. The third-order valence-corrected chi connectivity index (χ3v) is 3.69.